The summed E-state index contributed by atoms with van der Waals surface area (Å²) < 4.78 is 69.8. The summed E-state index contributed by atoms with van der Waals surface area (Å²) in [6.07, 6.45) is 0. The van der Waals surface area contributed by atoms with E-state index in [2.05, 4.69) is 4.18 Å². The van der Waals surface area contributed by atoms with Crippen LogP contribution in [0, 0.1) is 0 Å². The van der Waals surface area contributed by atoms with Crippen molar-refractivity contribution < 1.29 is 35.3 Å². The first-order valence-electron chi connectivity index (χ1n) is 9.32. The van der Waals surface area contributed by atoms with Crippen molar-refractivity contribution >= 4 is 27.5 Å². The van der Waals surface area contributed by atoms with Crippen LogP contribution in [0.5, 0.6) is 11.5 Å². The van der Waals surface area contributed by atoms with Crippen molar-refractivity contribution in [3.63, 3.8) is 0 Å². The van der Waals surface area contributed by atoms with Gasteiger partial charge in [-0.1, -0.05) is 42.5 Å². The number of carbonyl (C=O) groups is 1. The second-order valence-corrected chi connectivity index (χ2v) is 8.53. The quantitative estimate of drug-likeness (QED) is 0.241. The number of nitrogens with zero attached hydrogens (tertiary/aromatic N) is 1. The molecule has 0 bridgehead atoms. The third-order valence-electron chi connectivity index (χ3n) is 4.97. The first-order valence-corrected chi connectivity index (χ1v) is 10.7. The minimum atomic E-state index is -5.85. The molecule has 0 fully saturated rings. The van der Waals surface area contributed by atoms with Gasteiger partial charge < -0.3 is 13.8 Å². The van der Waals surface area contributed by atoms with Gasteiger partial charge in [0.1, 0.15) is 17.4 Å². The predicted octanol–water partition coefficient (Wildman–Crippen LogP) is 4.73. The summed E-state index contributed by atoms with van der Waals surface area (Å²) in [5.41, 5.74) is -2.57. The molecule has 0 radical (unpaired) electrons. The summed E-state index contributed by atoms with van der Waals surface area (Å²) in [6, 6.07) is 19.0. The first kappa shape index (κ1) is 21.7. The van der Waals surface area contributed by atoms with Crippen LogP contribution in [0.4, 0.5) is 24.5 Å². The Bertz CT molecular complexity index is 1240. The number of halogens is 3. The maximum atomic E-state index is 13.2. The monoisotopic (exact) mass is 463 g/mol. The second-order valence-electron chi connectivity index (χ2n) is 6.99. The first-order chi connectivity index (χ1) is 15.1. The van der Waals surface area contributed by atoms with E-state index in [1.165, 1.54) is 12.1 Å². The number of alkyl halides is 3. The third kappa shape index (κ3) is 3.89. The molecule has 0 saturated carbocycles. The van der Waals surface area contributed by atoms with Crippen LogP contribution in [0.1, 0.15) is 17.0 Å². The molecule has 166 valence electrons. The minimum Gasteiger partial charge on any atom is -0.426 e. The van der Waals surface area contributed by atoms with Gasteiger partial charge in [-0.2, -0.15) is 21.6 Å². The fraction of sp³-hybridized carbons (Fsp3) is 0.136. The van der Waals surface area contributed by atoms with Gasteiger partial charge in [0.15, 0.2) is 0 Å². The van der Waals surface area contributed by atoms with E-state index >= 15 is 0 Å². The van der Waals surface area contributed by atoms with Gasteiger partial charge in [0, 0.05) is 24.5 Å². The largest absolute Gasteiger partial charge is 0.534 e. The SMILES string of the molecule is CN1c2ccccc2C(C(=O)Oc2cccc(OS(=O)(=O)C(F)(F)F)c2)c2ccccc21. The molecule has 0 saturated heterocycles. The molecule has 1 heterocycles. The number of rotatable bonds is 4. The van der Waals surface area contributed by atoms with E-state index in [-0.39, 0.29) is 5.75 Å². The van der Waals surface area contributed by atoms with E-state index in [9.17, 15) is 26.4 Å². The molecule has 0 spiro atoms. The average Bonchev–Trinajstić information content (AvgIpc) is 2.73. The van der Waals surface area contributed by atoms with Gasteiger partial charge in [-0.15, -0.1) is 0 Å². The smallest absolute Gasteiger partial charge is 0.426 e. The third-order valence-corrected chi connectivity index (χ3v) is 5.95. The lowest BCUT2D eigenvalue weighted by molar-refractivity contribution is -0.135. The van der Waals surface area contributed by atoms with Crippen molar-refractivity contribution in [3.05, 3.63) is 83.9 Å². The van der Waals surface area contributed by atoms with Crippen molar-refractivity contribution in [2.24, 2.45) is 0 Å². The van der Waals surface area contributed by atoms with Crippen molar-refractivity contribution in [2.75, 3.05) is 11.9 Å². The summed E-state index contributed by atoms with van der Waals surface area (Å²) in [6.45, 7) is 0. The minimum absolute atomic E-state index is 0.154. The fourth-order valence-corrected chi connectivity index (χ4v) is 4.02. The molecule has 0 unspecified atom stereocenters. The molecule has 32 heavy (non-hydrogen) atoms. The van der Waals surface area contributed by atoms with Gasteiger partial charge >= 0.3 is 21.6 Å². The lowest BCUT2D eigenvalue weighted by Crippen LogP contribution is -2.28. The van der Waals surface area contributed by atoms with Gasteiger partial charge in [-0.25, -0.2) is 0 Å². The number of para-hydroxylation sites is 2. The van der Waals surface area contributed by atoms with Gasteiger partial charge in [0.2, 0.25) is 0 Å². The molecule has 10 heteroatoms. The Hall–Kier alpha value is -3.53. The summed E-state index contributed by atoms with van der Waals surface area (Å²) in [7, 11) is -3.97. The highest BCUT2D eigenvalue weighted by Gasteiger charge is 2.48. The molecule has 1 aliphatic rings. The molecule has 0 atom stereocenters. The van der Waals surface area contributed by atoms with Crippen LogP contribution < -0.4 is 13.8 Å². The fourth-order valence-electron chi connectivity index (χ4n) is 3.56. The number of ether oxygens (including phenoxy) is 1. The standard InChI is InChI=1S/C22H16F3NO5S/c1-26-18-11-4-2-9-16(18)20(17-10-3-5-12-19(17)26)21(27)30-14-7-6-8-15(13-14)31-32(28,29)22(23,24)25/h2-13,20H,1H3. The number of hydrogen-bond donors (Lipinski definition) is 0. The molecule has 1 aliphatic heterocycles. The van der Waals surface area contributed by atoms with Gasteiger partial charge in [0.05, 0.1) is 0 Å². The highest BCUT2D eigenvalue weighted by Crippen LogP contribution is 2.45. The highest BCUT2D eigenvalue weighted by atomic mass is 32.2. The maximum Gasteiger partial charge on any atom is 0.534 e. The van der Waals surface area contributed by atoms with Crippen LogP contribution in [-0.2, 0) is 14.9 Å². The van der Waals surface area contributed by atoms with Crippen molar-refractivity contribution in [1.82, 2.24) is 0 Å². The Balaban J connectivity index is 1.65. The molecule has 6 nitrogen and oxygen atoms in total. The molecule has 0 N–H and O–H groups in total. The van der Waals surface area contributed by atoms with E-state index in [4.69, 9.17) is 4.74 Å². The Morgan fingerprint density at radius 3 is 1.97 bits per heavy atom. The average molecular weight is 463 g/mol. The van der Waals surface area contributed by atoms with Crippen molar-refractivity contribution in [2.45, 2.75) is 11.4 Å². The number of anilines is 2. The summed E-state index contributed by atoms with van der Waals surface area (Å²) >= 11 is 0. The zero-order valence-corrected chi connectivity index (χ0v) is 17.4. The van der Waals surface area contributed by atoms with Crippen LogP contribution in [0.25, 0.3) is 0 Å². The summed E-state index contributed by atoms with van der Waals surface area (Å²) in [5, 5.41) is 0. The van der Waals surface area contributed by atoms with Crippen LogP contribution >= 0.6 is 0 Å². The van der Waals surface area contributed by atoms with Gasteiger partial charge in [-0.3, -0.25) is 4.79 Å². The van der Waals surface area contributed by atoms with Crippen LogP contribution in [0.3, 0.4) is 0 Å². The van der Waals surface area contributed by atoms with E-state index in [0.29, 0.717) is 11.1 Å². The zero-order chi connectivity index (χ0) is 23.1. The Kier molecular flexibility index (Phi) is 5.33. The van der Waals surface area contributed by atoms with E-state index in [0.717, 1.165) is 23.5 Å². The van der Waals surface area contributed by atoms with E-state index < -0.39 is 33.3 Å². The summed E-state index contributed by atoms with van der Waals surface area (Å²) in [5.74, 6) is -2.24. The number of esters is 1. The Morgan fingerprint density at radius 1 is 0.875 bits per heavy atom. The van der Waals surface area contributed by atoms with Crippen molar-refractivity contribution in [3.8, 4) is 11.5 Å². The maximum absolute atomic E-state index is 13.2. The zero-order valence-electron chi connectivity index (χ0n) is 16.5. The van der Waals surface area contributed by atoms with E-state index in [1.807, 2.05) is 36.2 Å². The predicted molar refractivity (Wildman–Crippen MR) is 110 cm³/mol. The van der Waals surface area contributed by atoms with Crippen LogP contribution in [0.2, 0.25) is 0 Å². The van der Waals surface area contributed by atoms with Crippen LogP contribution in [-0.4, -0.2) is 26.9 Å². The number of benzene rings is 3. The van der Waals surface area contributed by atoms with E-state index in [1.54, 1.807) is 24.3 Å². The number of carbonyl (C=O) groups excluding carboxylic acids is 1. The lowest BCUT2D eigenvalue weighted by Gasteiger charge is -2.34. The second kappa shape index (κ2) is 7.86. The number of fused-ring (bicyclic) bond motifs is 2. The normalized spacial score (nSPS) is 13.8. The molecule has 0 aromatic heterocycles. The van der Waals surface area contributed by atoms with Gasteiger partial charge in [-0.05, 0) is 35.4 Å². The molecule has 0 amide bonds. The molecule has 0 aliphatic carbocycles. The highest BCUT2D eigenvalue weighted by molar-refractivity contribution is 7.88. The van der Waals surface area contributed by atoms with Crippen LogP contribution in [0.15, 0.2) is 72.8 Å². The molecule has 4 rings (SSSR count). The molecule has 3 aromatic carbocycles. The molecule has 3 aromatic rings. The van der Waals surface area contributed by atoms with Gasteiger partial charge in [0.25, 0.3) is 0 Å². The Morgan fingerprint density at radius 2 is 1.41 bits per heavy atom. The lowest BCUT2D eigenvalue weighted by atomic mass is 9.85. The summed E-state index contributed by atoms with van der Waals surface area (Å²) in [4.78, 5) is 15.1. The van der Waals surface area contributed by atoms with Crippen molar-refractivity contribution in [1.29, 1.82) is 0 Å². The molecular formula is C22H16F3NO5S. The molecular weight excluding hydrogens is 447 g/mol. The Labute approximate surface area is 181 Å². The number of hydrogen-bond acceptors (Lipinski definition) is 6. The topological polar surface area (TPSA) is 72.9 Å².